The first kappa shape index (κ1) is 32.1. The highest BCUT2D eigenvalue weighted by molar-refractivity contribution is 7.25. The molecule has 9 aromatic rings. The van der Waals surface area contributed by atoms with Crippen LogP contribution < -0.4 is 0 Å². The number of aromatic nitrogens is 4. The first-order valence-corrected chi connectivity index (χ1v) is 20.7. The summed E-state index contributed by atoms with van der Waals surface area (Å²) in [6.07, 6.45) is 8.36. The highest BCUT2D eigenvalue weighted by Crippen LogP contribution is 2.60. The second-order valence-electron chi connectivity index (χ2n) is 16.6. The van der Waals surface area contributed by atoms with Gasteiger partial charge in [0.15, 0.2) is 17.5 Å². The molecule has 56 heavy (non-hydrogen) atoms. The van der Waals surface area contributed by atoms with Crippen LogP contribution in [0.5, 0.6) is 0 Å². The summed E-state index contributed by atoms with van der Waals surface area (Å²) < 4.78 is 4.78. The summed E-state index contributed by atoms with van der Waals surface area (Å²) in [7, 11) is 0. The standard InChI is InChI=1S/C50H37N5S/c51-29-30-7-5-8-37(24-30)55-42-12-3-1-10-39(42)46-40(11-6-13-43(46)55)49-53-47(34-15-18-36(19-16-34)50-26-31-21-32(27-50)23-33(22-31)28-50)52-48(54-49)35-17-20-45-41(25-35)38-9-2-4-14-44(38)56-45/h1-20,24-25,31-33H,21-23,26-28H2/t31-,32+,33-,50?. The van der Waals surface area contributed by atoms with Gasteiger partial charge in [0, 0.05) is 53.3 Å². The Bertz CT molecular complexity index is 3060. The van der Waals surface area contributed by atoms with Crippen LogP contribution in [-0.4, -0.2) is 19.5 Å². The molecule has 0 N–H and O–H groups in total. The maximum atomic E-state index is 9.77. The van der Waals surface area contributed by atoms with E-state index in [9.17, 15) is 5.26 Å². The topological polar surface area (TPSA) is 67.4 Å². The van der Waals surface area contributed by atoms with Crippen LogP contribution >= 0.6 is 11.3 Å². The lowest BCUT2D eigenvalue weighted by atomic mass is 9.48. The van der Waals surface area contributed by atoms with Crippen molar-refractivity contribution in [2.24, 2.45) is 17.8 Å². The average molecular weight is 740 g/mol. The molecule has 0 unspecified atom stereocenters. The van der Waals surface area contributed by atoms with E-state index in [1.54, 1.807) is 0 Å². The molecule has 13 rings (SSSR count). The van der Waals surface area contributed by atoms with Crippen LogP contribution in [0.15, 0.2) is 133 Å². The van der Waals surface area contributed by atoms with Gasteiger partial charge in [-0.3, -0.25) is 0 Å². The Balaban J connectivity index is 1.05. The summed E-state index contributed by atoms with van der Waals surface area (Å²) in [5.41, 5.74) is 8.43. The Hall–Kier alpha value is -6.16. The first-order chi connectivity index (χ1) is 27.6. The molecule has 3 heterocycles. The van der Waals surface area contributed by atoms with Gasteiger partial charge in [-0.1, -0.05) is 78.9 Å². The number of hydrogen-bond donors (Lipinski definition) is 0. The zero-order chi connectivity index (χ0) is 37.0. The summed E-state index contributed by atoms with van der Waals surface area (Å²) >= 11 is 1.82. The van der Waals surface area contributed by atoms with Gasteiger partial charge in [0.1, 0.15) is 0 Å². The Morgan fingerprint density at radius 2 is 1.21 bits per heavy atom. The minimum atomic E-state index is 0.331. The number of nitrogens with zero attached hydrogens (tertiary/aromatic N) is 5. The zero-order valence-electron chi connectivity index (χ0n) is 30.8. The van der Waals surface area contributed by atoms with Crippen molar-refractivity contribution >= 4 is 53.3 Å². The summed E-state index contributed by atoms with van der Waals surface area (Å²) in [6.45, 7) is 0. The van der Waals surface area contributed by atoms with Crippen LogP contribution in [-0.2, 0) is 5.41 Å². The predicted molar refractivity (Wildman–Crippen MR) is 228 cm³/mol. The molecule has 0 saturated heterocycles. The molecule has 0 aliphatic heterocycles. The molecular weight excluding hydrogens is 703 g/mol. The van der Waals surface area contributed by atoms with E-state index in [2.05, 4.69) is 126 Å². The number of para-hydroxylation sites is 1. The summed E-state index contributed by atoms with van der Waals surface area (Å²) in [6, 6.07) is 49.5. The van der Waals surface area contributed by atoms with Gasteiger partial charge in [-0.2, -0.15) is 5.26 Å². The van der Waals surface area contributed by atoms with Crippen LogP contribution in [0.1, 0.15) is 49.7 Å². The lowest BCUT2D eigenvalue weighted by Crippen LogP contribution is -2.48. The van der Waals surface area contributed by atoms with Gasteiger partial charge in [0.25, 0.3) is 0 Å². The number of benzene rings is 6. The molecule has 0 amide bonds. The van der Waals surface area contributed by atoms with E-state index < -0.39 is 0 Å². The number of nitriles is 1. The van der Waals surface area contributed by atoms with Crippen LogP contribution in [0, 0.1) is 29.1 Å². The van der Waals surface area contributed by atoms with Gasteiger partial charge in [0.2, 0.25) is 0 Å². The van der Waals surface area contributed by atoms with Crippen molar-refractivity contribution < 1.29 is 0 Å². The third kappa shape index (κ3) is 4.93. The Morgan fingerprint density at radius 1 is 0.571 bits per heavy atom. The van der Waals surface area contributed by atoms with E-state index >= 15 is 0 Å². The van der Waals surface area contributed by atoms with Gasteiger partial charge < -0.3 is 4.57 Å². The number of hydrogen-bond acceptors (Lipinski definition) is 5. The number of fused-ring (bicyclic) bond motifs is 6. The molecule has 4 aliphatic rings. The summed E-state index contributed by atoms with van der Waals surface area (Å²) in [4.78, 5) is 15.9. The monoisotopic (exact) mass is 739 g/mol. The second-order valence-corrected chi connectivity index (χ2v) is 17.7. The van der Waals surface area contributed by atoms with Gasteiger partial charge in [0.05, 0.1) is 22.7 Å². The molecule has 6 heteroatoms. The van der Waals surface area contributed by atoms with Crippen molar-refractivity contribution in [3.05, 3.63) is 145 Å². The van der Waals surface area contributed by atoms with E-state index in [1.807, 2.05) is 29.5 Å². The van der Waals surface area contributed by atoms with E-state index in [0.717, 1.165) is 61.9 Å². The molecule has 3 aromatic heterocycles. The van der Waals surface area contributed by atoms with Crippen molar-refractivity contribution in [3.63, 3.8) is 0 Å². The molecule has 4 fully saturated rings. The van der Waals surface area contributed by atoms with Gasteiger partial charge in [-0.15, -0.1) is 11.3 Å². The van der Waals surface area contributed by atoms with Gasteiger partial charge >= 0.3 is 0 Å². The van der Waals surface area contributed by atoms with Crippen LogP contribution in [0.2, 0.25) is 0 Å². The van der Waals surface area contributed by atoms with Crippen molar-refractivity contribution in [2.75, 3.05) is 0 Å². The van der Waals surface area contributed by atoms with Crippen LogP contribution in [0.4, 0.5) is 0 Å². The second kappa shape index (κ2) is 12.2. The van der Waals surface area contributed by atoms with Crippen molar-refractivity contribution in [2.45, 2.75) is 43.9 Å². The van der Waals surface area contributed by atoms with E-state index in [0.29, 0.717) is 28.5 Å². The Kier molecular flexibility index (Phi) is 6.98. The third-order valence-electron chi connectivity index (χ3n) is 13.2. The molecule has 6 aromatic carbocycles. The molecule has 0 atom stereocenters. The molecule has 0 spiro atoms. The largest absolute Gasteiger partial charge is 0.309 e. The van der Waals surface area contributed by atoms with Gasteiger partial charge in [-0.05, 0) is 122 Å². The zero-order valence-corrected chi connectivity index (χ0v) is 31.6. The predicted octanol–water partition coefficient (Wildman–Crippen LogP) is 12.7. The first-order valence-electron chi connectivity index (χ1n) is 19.9. The highest BCUT2D eigenvalue weighted by Gasteiger charge is 2.51. The summed E-state index contributed by atoms with van der Waals surface area (Å²) in [5, 5.41) is 14.4. The lowest BCUT2D eigenvalue weighted by molar-refractivity contribution is -0.00518. The van der Waals surface area contributed by atoms with Crippen molar-refractivity contribution in [1.29, 1.82) is 5.26 Å². The van der Waals surface area contributed by atoms with Crippen molar-refractivity contribution in [3.8, 4) is 45.9 Å². The molecule has 4 bridgehead atoms. The van der Waals surface area contributed by atoms with E-state index in [4.69, 9.17) is 15.0 Å². The van der Waals surface area contributed by atoms with Crippen LogP contribution in [0.3, 0.4) is 0 Å². The molecular formula is C50H37N5S. The molecule has 5 nitrogen and oxygen atoms in total. The minimum absolute atomic E-state index is 0.331. The number of thiophene rings is 1. The minimum Gasteiger partial charge on any atom is -0.309 e. The molecule has 4 saturated carbocycles. The van der Waals surface area contributed by atoms with Crippen molar-refractivity contribution in [1.82, 2.24) is 19.5 Å². The fourth-order valence-corrected chi connectivity index (χ4v) is 12.3. The van der Waals surface area contributed by atoms with Crippen LogP contribution in [0.25, 0.3) is 81.8 Å². The van der Waals surface area contributed by atoms with E-state index in [-0.39, 0.29) is 0 Å². The number of rotatable bonds is 5. The SMILES string of the molecule is N#Cc1cccc(-n2c3ccccc3c3c(-c4nc(-c5ccc(C67C[C@H]8C[C@@H](C6)C[C@@H](C7)C8)cc5)nc(-c5ccc6sc7ccccc7c6c5)n4)cccc32)c1. The average Bonchev–Trinajstić information content (AvgIpc) is 3.79. The Morgan fingerprint density at radius 3 is 2.00 bits per heavy atom. The fourth-order valence-electron chi connectivity index (χ4n) is 11.3. The molecule has 4 aliphatic carbocycles. The smallest absolute Gasteiger partial charge is 0.164 e. The van der Waals surface area contributed by atoms with E-state index in [1.165, 1.54) is 64.3 Å². The summed E-state index contributed by atoms with van der Waals surface area (Å²) in [5.74, 6) is 4.68. The third-order valence-corrected chi connectivity index (χ3v) is 14.4. The quantitative estimate of drug-likeness (QED) is 0.176. The normalized spacial score (nSPS) is 21.4. The maximum absolute atomic E-state index is 9.77. The maximum Gasteiger partial charge on any atom is 0.164 e. The molecule has 0 radical (unpaired) electrons. The Labute approximate surface area is 328 Å². The fraction of sp³-hybridized carbons (Fsp3) is 0.200. The highest BCUT2D eigenvalue weighted by atomic mass is 32.1. The molecule has 268 valence electrons. The lowest BCUT2D eigenvalue weighted by Gasteiger charge is -2.57. The van der Waals surface area contributed by atoms with Gasteiger partial charge in [-0.25, -0.2) is 15.0 Å².